The van der Waals surface area contributed by atoms with Crippen LogP contribution < -0.4 is 20.9 Å². The molecule has 1 aromatic heterocycles. The summed E-state index contributed by atoms with van der Waals surface area (Å²) in [6.45, 7) is -0.217. The average Bonchev–Trinajstić information content (AvgIpc) is 2.27. The third-order valence-corrected chi connectivity index (χ3v) is 2.05. The second-order valence-electron chi connectivity index (χ2n) is 3.21. The number of hydrogen-bond donors (Lipinski definition) is 2. The monoisotopic (exact) mass is 248 g/mol. The van der Waals surface area contributed by atoms with Crippen LogP contribution in [-0.2, 0) is 0 Å². The maximum atomic E-state index is 12.4. The zero-order valence-corrected chi connectivity index (χ0v) is 9.32. The summed E-state index contributed by atoms with van der Waals surface area (Å²) in [5.74, 6) is -0.0244. The Morgan fingerprint density at radius 3 is 2.88 bits per heavy atom. The van der Waals surface area contributed by atoms with E-state index in [1.807, 2.05) is 0 Å². The van der Waals surface area contributed by atoms with Crippen LogP contribution >= 0.6 is 0 Å². The van der Waals surface area contributed by atoms with Gasteiger partial charge in [0.15, 0.2) is 5.82 Å². The van der Waals surface area contributed by atoms with Gasteiger partial charge in [0.25, 0.3) is 12.0 Å². The zero-order valence-electron chi connectivity index (χ0n) is 9.32. The van der Waals surface area contributed by atoms with Gasteiger partial charge < -0.3 is 20.4 Å². The van der Waals surface area contributed by atoms with E-state index in [1.54, 1.807) is 0 Å². The number of rotatable bonds is 6. The van der Waals surface area contributed by atoms with Crippen molar-refractivity contribution >= 4 is 5.82 Å². The van der Waals surface area contributed by atoms with Gasteiger partial charge in [0.2, 0.25) is 5.75 Å². The number of alkyl halides is 2. The highest BCUT2D eigenvalue weighted by Gasteiger charge is 2.19. The molecule has 1 aromatic rings. The fourth-order valence-electron chi connectivity index (χ4n) is 1.39. The third-order valence-electron chi connectivity index (χ3n) is 2.05. The predicted octanol–water partition coefficient (Wildman–Crippen LogP) is -0.191. The Balaban J connectivity index is 3.08. The molecule has 0 atom stereocenters. The van der Waals surface area contributed by atoms with Crippen molar-refractivity contribution in [3.63, 3.8) is 0 Å². The lowest BCUT2D eigenvalue weighted by Crippen LogP contribution is -2.35. The molecule has 96 valence electrons. The Hall–Kier alpha value is -1.70. The van der Waals surface area contributed by atoms with Crippen LogP contribution in [-0.4, -0.2) is 43.1 Å². The highest BCUT2D eigenvalue weighted by Crippen LogP contribution is 2.20. The van der Waals surface area contributed by atoms with Crippen LogP contribution in [0, 0.1) is 0 Å². The number of nitrogens with two attached hydrogens (primary N) is 1. The van der Waals surface area contributed by atoms with Gasteiger partial charge in [-0.1, -0.05) is 0 Å². The van der Waals surface area contributed by atoms with Gasteiger partial charge in [0, 0.05) is 13.1 Å². The van der Waals surface area contributed by atoms with Crippen molar-refractivity contribution in [2.45, 2.75) is 6.43 Å². The molecule has 8 heteroatoms. The Morgan fingerprint density at radius 2 is 2.35 bits per heavy atom. The van der Waals surface area contributed by atoms with E-state index >= 15 is 0 Å². The molecule has 1 rings (SSSR count). The molecule has 3 N–H and O–H groups in total. The topological polar surface area (TPSA) is 84.2 Å². The van der Waals surface area contributed by atoms with E-state index in [4.69, 9.17) is 10.5 Å². The fourth-order valence-corrected chi connectivity index (χ4v) is 1.39. The van der Waals surface area contributed by atoms with Crippen LogP contribution in [0.5, 0.6) is 5.75 Å². The number of H-pyrrole nitrogens is 1. The number of hydrogen-bond acceptors (Lipinski definition) is 5. The van der Waals surface area contributed by atoms with Crippen LogP contribution in [0.15, 0.2) is 11.1 Å². The first kappa shape index (κ1) is 13.4. The standard InChI is InChI=1S/C9H14F2N4O2/c1-17-7-8(13-5-14-9(7)16)15(3-2-12)4-6(10)11/h5-6H,2-4,12H2,1H3,(H,13,14,16). The zero-order chi connectivity index (χ0) is 12.8. The Kier molecular flexibility index (Phi) is 4.83. The molecular weight excluding hydrogens is 234 g/mol. The smallest absolute Gasteiger partial charge is 0.295 e. The van der Waals surface area contributed by atoms with Gasteiger partial charge in [-0.25, -0.2) is 13.8 Å². The van der Waals surface area contributed by atoms with E-state index < -0.39 is 18.5 Å². The molecule has 0 amide bonds. The van der Waals surface area contributed by atoms with Gasteiger partial charge in [-0.05, 0) is 0 Å². The van der Waals surface area contributed by atoms with E-state index in [2.05, 4.69) is 9.97 Å². The van der Waals surface area contributed by atoms with Gasteiger partial charge in [-0.3, -0.25) is 4.79 Å². The van der Waals surface area contributed by atoms with Crippen molar-refractivity contribution < 1.29 is 13.5 Å². The summed E-state index contributed by atoms with van der Waals surface area (Å²) in [6, 6.07) is 0. The summed E-state index contributed by atoms with van der Waals surface area (Å²) >= 11 is 0. The summed E-state index contributed by atoms with van der Waals surface area (Å²) < 4.78 is 29.6. The van der Waals surface area contributed by atoms with E-state index in [0.717, 1.165) is 6.33 Å². The lowest BCUT2D eigenvalue weighted by Gasteiger charge is -2.23. The molecule has 17 heavy (non-hydrogen) atoms. The molecule has 0 unspecified atom stereocenters. The van der Waals surface area contributed by atoms with Crippen molar-refractivity contribution in [2.24, 2.45) is 5.73 Å². The Morgan fingerprint density at radius 1 is 1.65 bits per heavy atom. The number of nitrogens with one attached hydrogen (secondary N) is 1. The van der Waals surface area contributed by atoms with Gasteiger partial charge in [-0.15, -0.1) is 0 Å². The van der Waals surface area contributed by atoms with E-state index in [9.17, 15) is 13.6 Å². The number of nitrogens with zero attached hydrogens (tertiary/aromatic N) is 2. The molecule has 0 aromatic carbocycles. The normalized spacial score (nSPS) is 10.6. The number of ether oxygens (including phenoxy) is 1. The Labute approximate surface area is 96.4 Å². The van der Waals surface area contributed by atoms with E-state index in [1.165, 1.54) is 12.0 Å². The molecule has 0 aliphatic carbocycles. The summed E-state index contributed by atoms with van der Waals surface area (Å²) in [5.41, 5.74) is 4.81. The minimum absolute atomic E-state index is 0.0713. The number of aromatic nitrogens is 2. The highest BCUT2D eigenvalue weighted by molar-refractivity contribution is 5.50. The summed E-state index contributed by atoms with van der Waals surface area (Å²) in [6.07, 6.45) is -1.41. The molecule has 0 spiro atoms. The van der Waals surface area contributed by atoms with Crippen LogP contribution in [0.1, 0.15) is 0 Å². The van der Waals surface area contributed by atoms with Crippen LogP contribution in [0.2, 0.25) is 0 Å². The van der Waals surface area contributed by atoms with Crippen LogP contribution in [0.25, 0.3) is 0 Å². The third kappa shape index (κ3) is 3.38. The quantitative estimate of drug-likeness (QED) is 0.729. The maximum absolute atomic E-state index is 12.4. The second kappa shape index (κ2) is 6.14. The van der Waals surface area contributed by atoms with Gasteiger partial charge >= 0.3 is 0 Å². The Bertz CT molecular complexity index is 410. The SMILES string of the molecule is COc1c(N(CCN)CC(F)F)nc[nH]c1=O. The van der Waals surface area contributed by atoms with Crippen LogP contribution in [0.4, 0.5) is 14.6 Å². The highest BCUT2D eigenvalue weighted by atomic mass is 19.3. The number of anilines is 1. The molecule has 0 aliphatic heterocycles. The summed E-state index contributed by atoms with van der Waals surface area (Å²) in [7, 11) is 1.28. The van der Waals surface area contributed by atoms with E-state index in [0.29, 0.717) is 0 Å². The van der Waals surface area contributed by atoms with Crippen molar-refractivity contribution in [2.75, 3.05) is 31.6 Å². The molecular formula is C9H14F2N4O2. The van der Waals surface area contributed by atoms with Crippen molar-refractivity contribution in [3.05, 3.63) is 16.7 Å². The maximum Gasteiger partial charge on any atom is 0.295 e. The fraction of sp³-hybridized carbons (Fsp3) is 0.556. The molecule has 0 radical (unpaired) electrons. The lowest BCUT2D eigenvalue weighted by atomic mass is 10.4. The first-order valence-electron chi connectivity index (χ1n) is 4.95. The molecule has 0 saturated heterocycles. The number of halogens is 2. The predicted molar refractivity (Wildman–Crippen MR) is 58.7 cm³/mol. The van der Waals surface area contributed by atoms with Crippen molar-refractivity contribution in [1.82, 2.24) is 9.97 Å². The summed E-state index contributed by atoms with van der Waals surface area (Å²) in [4.78, 5) is 18.8. The molecule has 0 aliphatic rings. The molecule has 6 nitrogen and oxygen atoms in total. The first-order valence-corrected chi connectivity index (χ1v) is 4.95. The van der Waals surface area contributed by atoms with Gasteiger partial charge in [0.1, 0.15) is 0 Å². The average molecular weight is 248 g/mol. The lowest BCUT2D eigenvalue weighted by molar-refractivity contribution is 0.154. The minimum Gasteiger partial charge on any atom is -0.489 e. The molecule has 0 saturated carbocycles. The summed E-state index contributed by atoms with van der Waals surface area (Å²) in [5, 5.41) is 0. The molecule has 1 heterocycles. The van der Waals surface area contributed by atoms with Gasteiger partial charge in [-0.2, -0.15) is 0 Å². The first-order chi connectivity index (χ1) is 8.10. The molecule has 0 bridgehead atoms. The van der Waals surface area contributed by atoms with Crippen molar-refractivity contribution in [1.29, 1.82) is 0 Å². The minimum atomic E-state index is -2.55. The largest absolute Gasteiger partial charge is 0.489 e. The van der Waals surface area contributed by atoms with E-state index in [-0.39, 0.29) is 24.7 Å². The molecule has 0 fully saturated rings. The second-order valence-corrected chi connectivity index (χ2v) is 3.21. The van der Waals surface area contributed by atoms with Crippen molar-refractivity contribution in [3.8, 4) is 5.75 Å². The number of methoxy groups -OCH3 is 1. The van der Waals surface area contributed by atoms with Gasteiger partial charge in [0.05, 0.1) is 20.0 Å². The number of aromatic amines is 1. The van der Waals surface area contributed by atoms with Crippen LogP contribution in [0.3, 0.4) is 0 Å².